The number of rotatable bonds is 3. The highest BCUT2D eigenvalue weighted by atomic mass is 16.7. The molecule has 3 aromatic rings. The van der Waals surface area contributed by atoms with E-state index < -0.39 is 18.1 Å². The summed E-state index contributed by atoms with van der Waals surface area (Å²) in [4.78, 5) is 38.3. The minimum atomic E-state index is -0.863. The fraction of sp³-hybridized carbons (Fsp3) is 0.208. The number of carbonyl (C=O) groups is 2. The van der Waals surface area contributed by atoms with Gasteiger partial charge in [-0.3, -0.25) is 19.4 Å². The lowest BCUT2D eigenvalue weighted by molar-refractivity contribution is -0.126. The number of amides is 2. The molecule has 0 aliphatic carbocycles. The molecule has 3 atom stereocenters. The minimum Gasteiger partial charge on any atom is -0.273 e. The molecule has 2 saturated heterocycles. The van der Waals surface area contributed by atoms with Crippen LogP contribution in [0.1, 0.15) is 22.7 Å². The highest BCUT2D eigenvalue weighted by Gasteiger charge is 2.60. The average Bonchev–Trinajstić information content (AvgIpc) is 3.28. The van der Waals surface area contributed by atoms with Crippen LogP contribution < -0.4 is 9.96 Å². The number of aryl methyl sites for hydroxylation is 2. The number of hydrogen-bond donors (Lipinski definition) is 0. The molecule has 0 saturated carbocycles. The van der Waals surface area contributed by atoms with Crippen molar-refractivity contribution in [2.45, 2.75) is 26.0 Å². The van der Waals surface area contributed by atoms with E-state index in [-0.39, 0.29) is 11.8 Å². The van der Waals surface area contributed by atoms with Crippen LogP contribution in [0.5, 0.6) is 0 Å². The molecule has 0 radical (unpaired) electrons. The van der Waals surface area contributed by atoms with Gasteiger partial charge in [-0.25, -0.2) is 9.96 Å². The zero-order valence-corrected chi connectivity index (χ0v) is 16.7. The van der Waals surface area contributed by atoms with Gasteiger partial charge in [-0.05, 0) is 66.9 Å². The van der Waals surface area contributed by atoms with E-state index in [1.54, 1.807) is 17.5 Å². The first-order valence-electron chi connectivity index (χ1n) is 9.92. The van der Waals surface area contributed by atoms with Gasteiger partial charge in [0, 0.05) is 12.4 Å². The van der Waals surface area contributed by atoms with Gasteiger partial charge in [0.25, 0.3) is 5.91 Å². The Morgan fingerprint density at radius 1 is 0.833 bits per heavy atom. The van der Waals surface area contributed by atoms with Crippen LogP contribution in [-0.2, 0) is 14.4 Å². The summed E-state index contributed by atoms with van der Waals surface area (Å²) in [6.07, 6.45) is 2.51. The molecule has 2 amide bonds. The molecule has 1 aromatic heterocycles. The van der Waals surface area contributed by atoms with Crippen LogP contribution in [0.15, 0.2) is 73.1 Å². The molecule has 0 spiro atoms. The second-order valence-electron chi connectivity index (χ2n) is 7.72. The van der Waals surface area contributed by atoms with Crippen molar-refractivity contribution in [3.8, 4) is 0 Å². The molecule has 0 N–H and O–H groups in total. The van der Waals surface area contributed by atoms with Gasteiger partial charge < -0.3 is 0 Å². The summed E-state index contributed by atoms with van der Waals surface area (Å²) in [5.41, 5.74) is 4.41. The molecular formula is C24H21N3O3. The van der Waals surface area contributed by atoms with Crippen LogP contribution in [0.3, 0.4) is 0 Å². The molecule has 30 heavy (non-hydrogen) atoms. The van der Waals surface area contributed by atoms with Crippen LogP contribution in [0.25, 0.3) is 0 Å². The van der Waals surface area contributed by atoms with E-state index in [4.69, 9.17) is 4.84 Å². The number of anilines is 2. The zero-order valence-electron chi connectivity index (χ0n) is 16.7. The second kappa shape index (κ2) is 7.07. The van der Waals surface area contributed by atoms with Gasteiger partial charge in [-0.1, -0.05) is 24.3 Å². The van der Waals surface area contributed by atoms with E-state index in [0.29, 0.717) is 5.69 Å². The third-order valence-corrected chi connectivity index (χ3v) is 5.92. The first-order valence-corrected chi connectivity index (χ1v) is 9.92. The van der Waals surface area contributed by atoms with E-state index in [0.717, 1.165) is 22.4 Å². The molecule has 5 rings (SSSR count). The average molecular weight is 399 g/mol. The number of aromatic nitrogens is 1. The molecule has 2 fully saturated rings. The summed E-state index contributed by atoms with van der Waals surface area (Å²) in [7, 11) is 0. The van der Waals surface area contributed by atoms with Crippen molar-refractivity contribution in [3.63, 3.8) is 0 Å². The smallest absolute Gasteiger partial charge is 0.266 e. The molecule has 2 aliphatic rings. The third-order valence-electron chi connectivity index (χ3n) is 5.92. The summed E-state index contributed by atoms with van der Waals surface area (Å²) in [6, 6.07) is 18.5. The minimum absolute atomic E-state index is 0.242. The maximum Gasteiger partial charge on any atom is 0.266 e. The number of pyridine rings is 1. The molecular weight excluding hydrogens is 378 g/mol. The molecule has 6 nitrogen and oxygen atoms in total. The summed E-state index contributed by atoms with van der Waals surface area (Å²) in [5.74, 6) is -1.21. The van der Waals surface area contributed by atoms with Gasteiger partial charge in [0.1, 0.15) is 5.92 Å². The first-order chi connectivity index (χ1) is 14.6. The largest absolute Gasteiger partial charge is 0.273 e. The molecule has 2 aliphatic heterocycles. The van der Waals surface area contributed by atoms with E-state index in [9.17, 15) is 9.59 Å². The van der Waals surface area contributed by atoms with E-state index in [1.165, 1.54) is 4.90 Å². The van der Waals surface area contributed by atoms with Gasteiger partial charge >= 0.3 is 0 Å². The molecule has 3 unspecified atom stereocenters. The van der Waals surface area contributed by atoms with Gasteiger partial charge in [-0.2, -0.15) is 0 Å². The van der Waals surface area contributed by atoms with Gasteiger partial charge in [-0.15, -0.1) is 0 Å². The van der Waals surface area contributed by atoms with Gasteiger partial charge in [0.05, 0.1) is 17.4 Å². The topological polar surface area (TPSA) is 62.7 Å². The van der Waals surface area contributed by atoms with Crippen molar-refractivity contribution in [1.29, 1.82) is 0 Å². The molecule has 6 heteroatoms. The summed E-state index contributed by atoms with van der Waals surface area (Å²) in [5, 5.41) is 1.69. The number of para-hydroxylation sites is 1. The molecule has 2 aromatic carbocycles. The zero-order chi connectivity index (χ0) is 20.8. The number of imide groups is 1. The number of nitrogens with zero attached hydrogens (tertiary/aromatic N) is 3. The van der Waals surface area contributed by atoms with Gasteiger partial charge in [0.2, 0.25) is 5.91 Å². The predicted molar refractivity (Wildman–Crippen MR) is 113 cm³/mol. The monoisotopic (exact) mass is 399 g/mol. The number of carbonyl (C=O) groups excluding carboxylic acids is 2. The normalized spacial score (nSPS) is 23.2. The highest BCUT2D eigenvalue weighted by molar-refractivity contribution is 6.24. The fourth-order valence-corrected chi connectivity index (χ4v) is 4.23. The third kappa shape index (κ3) is 2.80. The first kappa shape index (κ1) is 18.5. The fourth-order valence-electron chi connectivity index (χ4n) is 4.23. The standard InChI is InChI=1S/C24H21N3O3/c1-15-8-9-19(14-16(15)2)26-23(28)20-21(17-10-12-25-13-11-17)27(30-22(20)24(26)29)18-6-4-3-5-7-18/h3-14,20-22H,1-2H3. The lowest BCUT2D eigenvalue weighted by Crippen LogP contribution is -2.37. The Kier molecular flexibility index (Phi) is 4.37. The Morgan fingerprint density at radius 3 is 2.27 bits per heavy atom. The van der Waals surface area contributed by atoms with Crippen molar-refractivity contribution in [3.05, 3.63) is 89.7 Å². The quantitative estimate of drug-likeness (QED) is 0.628. The number of hydrogen-bond acceptors (Lipinski definition) is 5. The Bertz CT molecular complexity index is 1120. The lowest BCUT2D eigenvalue weighted by atomic mass is 9.91. The van der Waals surface area contributed by atoms with E-state index in [1.807, 2.05) is 74.5 Å². The molecule has 0 bridgehead atoms. The van der Waals surface area contributed by atoms with Crippen LogP contribution in [0.2, 0.25) is 0 Å². The van der Waals surface area contributed by atoms with Crippen LogP contribution >= 0.6 is 0 Å². The SMILES string of the molecule is Cc1ccc(N2C(=O)C3ON(c4ccccc4)C(c4ccncc4)C3C2=O)cc1C. The van der Waals surface area contributed by atoms with Crippen molar-refractivity contribution in [1.82, 2.24) is 4.98 Å². The van der Waals surface area contributed by atoms with Gasteiger partial charge in [0.15, 0.2) is 6.10 Å². The number of benzene rings is 2. The maximum atomic E-state index is 13.5. The van der Waals surface area contributed by atoms with Crippen LogP contribution in [-0.4, -0.2) is 22.9 Å². The highest BCUT2D eigenvalue weighted by Crippen LogP contribution is 2.47. The van der Waals surface area contributed by atoms with Crippen molar-refractivity contribution >= 4 is 23.2 Å². The summed E-state index contributed by atoms with van der Waals surface area (Å²) >= 11 is 0. The Hall–Kier alpha value is -3.51. The second-order valence-corrected chi connectivity index (χ2v) is 7.72. The summed E-state index contributed by atoms with van der Waals surface area (Å²) in [6.45, 7) is 3.97. The van der Waals surface area contributed by atoms with E-state index >= 15 is 0 Å². The Morgan fingerprint density at radius 2 is 1.57 bits per heavy atom. The lowest BCUT2D eigenvalue weighted by Gasteiger charge is -2.28. The van der Waals surface area contributed by atoms with Crippen molar-refractivity contribution in [2.24, 2.45) is 5.92 Å². The van der Waals surface area contributed by atoms with Crippen LogP contribution in [0.4, 0.5) is 11.4 Å². The molecule has 150 valence electrons. The summed E-state index contributed by atoms with van der Waals surface area (Å²) < 4.78 is 0. The van der Waals surface area contributed by atoms with Crippen molar-refractivity contribution in [2.75, 3.05) is 9.96 Å². The van der Waals surface area contributed by atoms with Crippen LogP contribution in [0, 0.1) is 19.8 Å². The van der Waals surface area contributed by atoms with E-state index in [2.05, 4.69) is 4.98 Å². The maximum absolute atomic E-state index is 13.5. The molecule has 3 heterocycles. The Labute approximate surface area is 174 Å². The van der Waals surface area contributed by atoms with Crippen molar-refractivity contribution < 1.29 is 14.4 Å². The number of fused-ring (bicyclic) bond motifs is 1. The predicted octanol–water partition coefficient (Wildman–Crippen LogP) is 3.75. The Balaban J connectivity index is 1.58. The number of hydroxylamine groups is 1.